The number of nitrogens with zero attached hydrogens (tertiary/aromatic N) is 1. The van der Waals surface area contributed by atoms with Crippen molar-refractivity contribution in [2.75, 3.05) is 13.1 Å². The molecule has 1 aliphatic heterocycles. The lowest BCUT2D eigenvalue weighted by Gasteiger charge is -2.31. The third kappa shape index (κ3) is 4.36. The van der Waals surface area contributed by atoms with Gasteiger partial charge in [-0.3, -0.25) is 4.79 Å². The maximum absolute atomic E-state index is 14.0. The number of benzene rings is 2. The molecular weight excluding hydrogens is 391 g/mol. The van der Waals surface area contributed by atoms with Gasteiger partial charge in [-0.2, -0.15) is 4.31 Å². The van der Waals surface area contributed by atoms with Crippen LogP contribution in [0.3, 0.4) is 0 Å². The van der Waals surface area contributed by atoms with Crippen molar-refractivity contribution < 1.29 is 17.6 Å². The normalized spacial score (nSPS) is 19.6. The van der Waals surface area contributed by atoms with Gasteiger partial charge in [-0.25, -0.2) is 12.8 Å². The van der Waals surface area contributed by atoms with E-state index in [9.17, 15) is 17.6 Å². The highest BCUT2D eigenvalue weighted by Crippen LogP contribution is 2.41. The van der Waals surface area contributed by atoms with Crippen LogP contribution in [0, 0.1) is 17.7 Å². The Bertz CT molecular complexity index is 969. The van der Waals surface area contributed by atoms with Crippen molar-refractivity contribution in [1.82, 2.24) is 9.62 Å². The summed E-state index contributed by atoms with van der Waals surface area (Å²) in [7, 11) is -3.88. The SMILES string of the molecule is O=C(N[C@H](c1ccccc1)C1CC1)C1CCN(S(=O)(=O)c2ccccc2F)CC1. The molecule has 4 rings (SSSR count). The highest BCUT2D eigenvalue weighted by Gasteiger charge is 2.37. The zero-order valence-corrected chi connectivity index (χ0v) is 16.9. The first-order valence-electron chi connectivity index (χ1n) is 10.1. The van der Waals surface area contributed by atoms with Crippen LogP contribution >= 0.6 is 0 Å². The first-order valence-corrected chi connectivity index (χ1v) is 11.5. The van der Waals surface area contributed by atoms with E-state index in [0.717, 1.165) is 24.5 Å². The zero-order valence-electron chi connectivity index (χ0n) is 16.1. The molecule has 2 fully saturated rings. The second-order valence-electron chi connectivity index (χ2n) is 7.84. The van der Waals surface area contributed by atoms with Gasteiger partial charge in [0, 0.05) is 19.0 Å². The molecule has 7 heteroatoms. The number of piperidine rings is 1. The van der Waals surface area contributed by atoms with E-state index in [1.165, 1.54) is 22.5 Å². The van der Waals surface area contributed by atoms with Crippen LogP contribution in [0.1, 0.15) is 37.3 Å². The van der Waals surface area contributed by atoms with E-state index >= 15 is 0 Å². The fourth-order valence-electron chi connectivity index (χ4n) is 3.99. The van der Waals surface area contributed by atoms with Gasteiger partial charge in [0.05, 0.1) is 6.04 Å². The predicted octanol–water partition coefficient (Wildman–Crippen LogP) is 3.49. The van der Waals surface area contributed by atoms with Gasteiger partial charge in [0.1, 0.15) is 10.7 Å². The number of sulfonamides is 1. The lowest BCUT2D eigenvalue weighted by Crippen LogP contribution is -2.44. The largest absolute Gasteiger partial charge is 0.349 e. The van der Waals surface area contributed by atoms with Crippen LogP contribution in [0.5, 0.6) is 0 Å². The van der Waals surface area contributed by atoms with Crippen molar-refractivity contribution in [3.8, 4) is 0 Å². The number of amides is 1. The molecule has 1 N–H and O–H groups in total. The number of rotatable bonds is 6. The summed E-state index contributed by atoms with van der Waals surface area (Å²) >= 11 is 0. The predicted molar refractivity (Wildman–Crippen MR) is 108 cm³/mol. The molecule has 154 valence electrons. The molecule has 1 saturated carbocycles. The molecule has 0 bridgehead atoms. The Labute approximate surface area is 171 Å². The van der Waals surface area contributed by atoms with Gasteiger partial charge < -0.3 is 5.32 Å². The number of hydrogen-bond donors (Lipinski definition) is 1. The number of carbonyl (C=O) groups is 1. The Hall–Kier alpha value is -2.25. The molecule has 1 atom stereocenters. The topological polar surface area (TPSA) is 66.5 Å². The highest BCUT2D eigenvalue weighted by atomic mass is 32.2. The molecule has 1 amide bonds. The second kappa shape index (κ2) is 8.24. The van der Waals surface area contributed by atoms with Gasteiger partial charge >= 0.3 is 0 Å². The van der Waals surface area contributed by atoms with Crippen LogP contribution in [0.2, 0.25) is 0 Å². The monoisotopic (exact) mass is 416 g/mol. The number of halogens is 1. The number of hydrogen-bond acceptors (Lipinski definition) is 3. The summed E-state index contributed by atoms with van der Waals surface area (Å²) in [6.07, 6.45) is 3.09. The van der Waals surface area contributed by atoms with Crippen molar-refractivity contribution in [1.29, 1.82) is 0 Å². The summed E-state index contributed by atoms with van der Waals surface area (Å²) in [5.41, 5.74) is 1.11. The fourth-order valence-corrected chi connectivity index (χ4v) is 5.52. The third-order valence-electron chi connectivity index (χ3n) is 5.83. The van der Waals surface area contributed by atoms with Crippen molar-refractivity contribution in [2.24, 2.45) is 11.8 Å². The average Bonchev–Trinajstić information content (AvgIpc) is 3.58. The van der Waals surface area contributed by atoms with E-state index in [1.807, 2.05) is 30.3 Å². The van der Waals surface area contributed by atoms with Crippen LogP contribution in [0.4, 0.5) is 4.39 Å². The molecule has 2 aromatic rings. The molecule has 0 radical (unpaired) electrons. The molecule has 1 heterocycles. The van der Waals surface area contributed by atoms with Gasteiger partial charge in [-0.05, 0) is 49.3 Å². The van der Waals surface area contributed by atoms with Crippen LogP contribution in [0.25, 0.3) is 0 Å². The molecule has 0 aromatic heterocycles. The molecule has 1 saturated heterocycles. The third-order valence-corrected chi connectivity index (χ3v) is 7.76. The van der Waals surface area contributed by atoms with Crippen molar-refractivity contribution in [2.45, 2.75) is 36.6 Å². The summed E-state index contributed by atoms with van der Waals surface area (Å²) in [5, 5.41) is 3.19. The Morgan fingerprint density at radius 1 is 0.966 bits per heavy atom. The fraction of sp³-hybridized carbons (Fsp3) is 0.409. The van der Waals surface area contributed by atoms with Crippen LogP contribution in [-0.2, 0) is 14.8 Å². The van der Waals surface area contributed by atoms with Gasteiger partial charge in [-0.1, -0.05) is 42.5 Å². The first kappa shape index (κ1) is 20.0. The van der Waals surface area contributed by atoms with Crippen molar-refractivity contribution >= 4 is 15.9 Å². The average molecular weight is 417 g/mol. The maximum atomic E-state index is 14.0. The van der Waals surface area contributed by atoms with Gasteiger partial charge in [-0.15, -0.1) is 0 Å². The molecule has 2 aromatic carbocycles. The lowest BCUT2D eigenvalue weighted by atomic mass is 9.95. The van der Waals surface area contributed by atoms with Crippen LogP contribution < -0.4 is 5.32 Å². The van der Waals surface area contributed by atoms with E-state index in [0.29, 0.717) is 18.8 Å². The van der Waals surface area contributed by atoms with Crippen LogP contribution in [0.15, 0.2) is 59.5 Å². The van der Waals surface area contributed by atoms with E-state index in [-0.39, 0.29) is 35.9 Å². The minimum Gasteiger partial charge on any atom is -0.349 e. The standard InChI is InChI=1S/C22H25FN2O3S/c23-19-8-4-5-9-20(19)29(27,28)25-14-12-18(13-15-25)22(26)24-21(17-10-11-17)16-6-2-1-3-7-16/h1-9,17-18,21H,10-15H2,(H,24,26)/t21-/m1/s1. The molecular formula is C22H25FN2O3S. The smallest absolute Gasteiger partial charge is 0.245 e. The minimum absolute atomic E-state index is 0.0175. The highest BCUT2D eigenvalue weighted by molar-refractivity contribution is 7.89. The Morgan fingerprint density at radius 2 is 1.59 bits per heavy atom. The molecule has 1 aliphatic carbocycles. The molecule has 5 nitrogen and oxygen atoms in total. The maximum Gasteiger partial charge on any atom is 0.245 e. The van der Waals surface area contributed by atoms with E-state index in [4.69, 9.17) is 0 Å². The summed E-state index contributed by atoms with van der Waals surface area (Å²) in [4.78, 5) is 12.6. The Morgan fingerprint density at radius 3 is 2.21 bits per heavy atom. The zero-order chi connectivity index (χ0) is 20.4. The van der Waals surface area contributed by atoms with Crippen LogP contribution in [-0.4, -0.2) is 31.7 Å². The number of carbonyl (C=O) groups excluding carboxylic acids is 1. The van der Waals surface area contributed by atoms with E-state index in [1.54, 1.807) is 0 Å². The molecule has 0 spiro atoms. The van der Waals surface area contributed by atoms with Gasteiger partial charge in [0.2, 0.25) is 15.9 Å². The summed E-state index contributed by atoms with van der Waals surface area (Å²) < 4.78 is 40.7. The van der Waals surface area contributed by atoms with E-state index in [2.05, 4.69) is 5.32 Å². The summed E-state index contributed by atoms with van der Waals surface area (Å²) in [5.74, 6) is -0.522. The Balaban J connectivity index is 1.39. The lowest BCUT2D eigenvalue weighted by molar-refractivity contribution is -0.127. The summed E-state index contributed by atoms with van der Waals surface area (Å²) in [6.45, 7) is 0.433. The molecule has 0 unspecified atom stereocenters. The second-order valence-corrected chi connectivity index (χ2v) is 9.75. The minimum atomic E-state index is -3.88. The van der Waals surface area contributed by atoms with Crippen molar-refractivity contribution in [3.05, 3.63) is 66.0 Å². The quantitative estimate of drug-likeness (QED) is 0.784. The first-order chi connectivity index (χ1) is 14.0. The molecule has 29 heavy (non-hydrogen) atoms. The Kier molecular flexibility index (Phi) is 5.69. The van der Waals surface area contributed by atoms with Crippen molar-refractivity contribution in [3.63, 3.8) is 0 Å². The van der Waals surface area contributed by atoms with Gasteiger partial charge in [0.25, 0.3) is 0 Å². The van der Waals surface area contributed by atoms with E-state index < -0.39 is 15.8 Å². The molecule has 2 aliphatic rings. The van der Waals surface area contributed by atoms with Gasteiger partial charge in [0.15, 0.2) is 0 Å². The number of nitrogens with one attached hydrogen (secondary N) is 1. The summed E-state index contributed by atoms with van der Waals surface area (Å²) in [6, 6.07) is 15.4.